The van der Waals surface area contributed by atoms with E-state index in [0.29, 0.717) is 17.4 Å². The van der Waals surface area contributed by atoms with Crippen molar-refractivity contribution >= 4 is 0 Å². The van der Waals surface area contributed by atoms with E-state index in [4.69, 9.17) is 0 Å². The van der Waals surface area contributed by atoms with Crippen LogP contribution in [-0.4, -0.2) is 12.6 Å². The first-order valence-corrected chi connectivity index (χ1v) is 6.91. The highest BCUT2D eigenvalue weighted by Crippen LogP contribution is 2.57. The maximum atomic E-state index is 3.67. The second-order valence-corrected chi connectivity index (χ2v) is 5.82. The quantitative estimate of drug-likeness (QED) is 0.831. The summed E-state index contributed by atoms with van der Waals surface area (Å²) in [4.78, 5) is 0. The highest BCUT2D eigenvalue weighted by atomic mass is 15.0. The molecule has 17 heavy (non-hydrogen) atoms. The first kappa shape index (κ1) is 12.6. The van der Waals surface area contributed by atoms with Gasteiger partial charge < -0.3 is 5.32 Å². The zero-order valence-corrected chi connectivity index (χ0v) is 11.5. The Hall–Kier alpha value is -0.820. The van der Waals surface area contributed by atoms with E-state index in [1.807, 2.05) is 0 Å². The van der Waals surface area contributed by atoms with Crippen LogP contribution in [0.4, 0.5) is 0 Å². The number of hydrogen-bond acceptors (Lipinski definition) is 1. The molecule has 3 unspecified atom stereocenters. The van der Waals surface area contributed by atoms with E-state index in [9.17, 15) is 0 Å². The Balaban J connectivity index is 2.23. The second kappa shape index (κ2) is 4.81. The minimum absolute atomic E-state index is 0.373. The summed E-state index contributed by atoms with van der Waals surface area (Å²) in [5, 5.41) is 3.67. The van der Waals surface area contributed by atoms with Crippen molar-refractivity contribution in [3.63, 3.8) is 0 Å². The molecule has 1 N–H and O–H groups in total. The normalized spacial score (nSPS) is 30.9. The third-order valence-electron chi connectivity index (χ3n) is 4.51. The molecule has 1 aromatic rings. The fourth-order valence-corrected chi connectivity index (χ4v) is 3.81. The molecule has 1 saturated carbocycles. The predicted molar refractivity (Wildman–Crippen MR) is 74.2 cm³/mol. The highest BCUT2D eigenvalue weighted by Gasteiger charge is 2.55. The Bertz CT molecular complexity index is 355. The predicted octanol–water partition coefficient (Wildman–Crippen LogP) is 3.81. The summed E-state index contributed by atoms with van der Waals surface area (Å²) < 4.78 is 0. The van der Waals surface area contributed by atoms with Gasteiger partial charge in [0.15, 0.2) is 0 Å². The summed E-state index contributed by atoms with van der Waals surface area (Å²) in [6, 6.07) is 11.7. The second-order valence-electron chi connectivity index (χ2n) is 5.82. The molecule has 1 aliphatic carbocycles. The lowest BCUT2D eigenvalue weighted by atomic mass is 9.49. The fraction of sp³-hybridized carbons (Fsp3) is 0.625. The molecule has 0 amide bonds. The van der Waals surface area contributed by atoms with Gasteiger partial charge in [0.1, 0.15) is 0 Å². The lowest BCUT2D eigenvalue weighted by molar-refractivity contribution is -0.0118. The Kier molecular flexibility index (Phi) is 3.58. The van der Waals surface area contributed by atoms with Gasteiger partial charge in [-0.15, -0.1) is 0 Å². The first-order chi connectivity index (χ1) is 8.12. The standard InChI is InChI=1S/C16H25N/c1-5-13-14(12-10-8-7-9-11-12)16(3,4)15(13)17-6-2/h7-11,13-15,17H,5-6H2,1-4H3. The van der Waals surface area contributed by atoms with Gasteiger partial charge in [0, 0.05) is 6.04 Å². The van der Waals surface area contributed by atoms with E-state index in [2.05, 4.69) is 63.3 Å². The zero-order chi connectivity index (χ0) is 12.5. The highest BCUT2D eigenvalue weighted by molar-refractivity contribution is 5.29. The van der Waals surface area contributed by atoms with Crippen molar-refractivity contribution in [3.8, 4) is 0 Å². The molecule has 1 aromatic carbocycles. The first-order valence-electron chi connectivity index (χ1n) is 6.91. The van der Waals surface area contributed by atoms with Crippen LogP contribution in [0.15, 0.2) is 30.3 Å². The van der Waals surface area contributed by atoms with Gasteiger partial charge >= 0.3 is 0 Å². The zero-order valence-electron chi connectivity index (χ0n) is 11.5. The van der Waals surface area contributed by atoms with Crippen molar-refractivity contribution in [2.45, 2.75) is 46.1 Å². The van der Waals surface area contributed by atoms with Crippen LogP contribution in [0.1, 0.15) is 45.6 Å². The van der Waals surface area contributed by atoms with Crippen LogP contribution in [0.2, 0.25) is 0 Å². The maximum absolute atomic E-state index is 3.67. The topological polar surface area (TPSA) is 12.0 Å². The summed E-state index contributed by atoms with van der Waals surface area (Å²) in [5.74, 6) is 1.49. The van der Waals surface area contributed by atoms with Gasteiger partial charge in [-0.1, -0.05) is 64.4 Å². The van der Waals surface area contributed by atoms with Crippen molar-refractivity contribution in [2.24, 2.45) is 11.3 Å². The molecular weight excluding hydrogens is 206 g/mol. The van der Waals surface area contributed by atoms with Crippen LogP contribution in [0.5, 0.6) is 0 Å². The van der Waals surface area contributed by atoms with E-state index in [1.54, 1.807) is 0 Å². The largest absolute Gasteiger partial charge is 0.313 e. The summed E-state index contributed by atoms with van der Waals surface area (Å²) in [7, 11) is 0. The lowest BCUT2D eigenvalue weighted by Gasteiger charge is -2.59. The van der Waals surface area contributed by atoms with Gasteiger partial charge in [-0.2, -0.15) is 0 Å². The van der Waals surface area contributed by atoms with Gasteiger partial charge in [0.2, 0.25) is 0 Å². The molecule has 0 aliphatic heterocycles. The Morgan fingerprint density at radius 2 is 1.76 bits per heavy atom. The minimum Gasteiger partial charge on any atom is -0.313 e. The molecule has 0 heterocycles. The number of hydrogen-bond donors (Lipinski definition) is 1. The van der Waals surface area contributed by atoms with E-state index in [1.165, 1.54) is 12.0 Å². The molecule has 0 saturated heterocycles. The Labute approximate surface area is 106 Å². The van der Waals surface area contributed by atoms with Crippen molar-refractivity contribution in [2.75, 3.05) is 6.54 Å². The van der Waals surface area contributed by atoms with Crippen molar-refractivity contribution < 1.29 is 0 Å². The van der Waals surface area contributed by atoms with Crippen LogP contribution in [0, 0.1) is 11.3 Å². The van der Waals surface area contributed by atoms with Crippen molar-refractivity contribution in [1.82, 2.24) is 5.32 Å². The molecule has 0 aromatic heterocycles. The van der Waals surface area contributed by atoms with Crippen LogP contribution < -0.4 is 5.32 Å². The van der Waals surface area contributed by atoms with Gasteiger partial charge in [0.25, 0.3) is 0 Å². The molecule has 3 atom stereocenters. The molecule has 94 valence electrons. The number of benzene rings is 1. The summed E-state index contributed by atoms with van der Waals surface area (Å²) in [5.41, 5.74) is 1.89. The van der Waals surface area contributed by atoms with Crippen molar-refractivity contribution in [3.05, 3.63) is 35.9 Å². The molecule has 0 radical (unpaired) electrons. The summed E-state index contributed by atoms with van der Waals surface area (Å²) in [6.07, 6.45) is 1.26. The third kappa shape index (κ3) is 2.01. The minimum atomic E-state index is 0.373. The van der Waals surface area contributed by atoms with E-state index < -0.39 is 0 Å². The molecule has 1 fully saturated rings. The fourth-order valence-electron chi connectivity index (χ4n) is 3.81. The van der Waals surface area contributed by atoms with E-state index in [-0.39, 0.29) is 0 Å². The monoisotopic (exact) mass is 231 g/mol. The Morgan fingerprint density at radius 1 is 1.12 bits per heavy atom. The smallest absolute Gasteiger partial charge is 0.0158 e. The molecule has 2 rings (SSSR count). The van der Waals surface area contributed by atoms with Gasteiger partial charge in [0.05, 0.1) is 0 Å². The van der Waals surface area contributed by atoms with Gasteiger partial charge in [-0.3, -0.25) is 0 Å². The average molecular weight is 231 g/mol. The summed E-state index contributed by atoms with van der Waals surface area (Å²) >= 11 is 0. The SMILES string of the molecule is CCNC1C(CC)C(c2ccccc2)C1(C)C. The average Bonchev–Trinajstić information content (AvgIpc) is 2.34. The van der Waals surface area contributed by atoms with E-state index in [0.717, 1.165) is 12.5 Å². The van der Waals surface area contributed by atoms with Crippen LogP contribution in [0.25, 0.3) is 0 Å². The molecule has 0 spiro atoms. The van der Waals surface area contributed by atoms with Gasteiger partial charge in [-0.05, 0) is 29.4 Å². The Morgan fingerprint density at radius 3 is 2.29 bits per heavy atom. The molecule has 0 bridgehead atoms. The molecule has 1 aliphatic rings. The van der Waals surface area contributed by atoms with Crippen LogP contribution >= 0.6 is 0 Å². The molecule has 1 heteroatoms. The maximum Gasteiger partial charge on any atom is 0.0158 e. The number of rotatable bonds is 4. The van der Waals surface area contributed by atoms with E-state index >= 15 is 0 Å². The summed E-state index contributed by atoms with van der Waals surface area (Å²) in [6.45, 7) is 10.4. The van der Waals surface area contributed by atoms with Crippen molar-refractivity contribution in [1.29, 1.82) is 0 Å². The van der Waals surface area contributed by atoms with Crippen LogP contribution in [0.3, 0.4) is 0 Å². The third-order valence-corrected chi connectivity index (χ3v) is 4.51. The van der Waals surface area contributed by atoms with Crippen LogP contribution in [-0.2, 0) is 0 Å². The molecule has 1 nitrogen and oxygen atoms in total. The molecular formula is C16H25N. The number of nitrogens with one attached hydrogen (secondary N) is 1. The van der Waals surface area contributed by atoms with Gasteiger partial charge in [-0.25, -0.2) is 0 Å². The lowest BCUT2D eigenvalue weighted by Crippen LogP contribution is -2.62.